The third-order valence-corrected chi connectivity index (χ3v) is 8.35. The van der Waals surface area contributed by atoms with Crippen molar-refractivity contribution in [3.05, 3.63) is 53.6 Å². The second kappa shape index (κ2) is 12.1. The normalized spacial score (nSPS) is 18.9. The monoisotopic (exact) mass is 546 g/mol. The van der Waals surface area contributed by atoms with Gasteiger partial charge in [-0.15, -0.1) is 0 Å². The molecule has 0 saturated heterocycles. The highest BCUT2D eigenvalue weighted by Gasteiger charge is 2.35. The van der Waals surface area contributed by atoms with E-state index in [0.717, 1.165) is 5.56 Å². The fourth-order valence-electron chi connectivity index (χ4n) is 4.19. The zero-order valence-electron chi connectivity index (χ0n) is 22.8. The summed E-state index contributed by atoms with van der Waals surface area (Å²) in [5, 5.41) is 15.3. The number of amides is 3. The van der Waals surface area contributed by atoms with Crippen LogP contribution in [0.4, 0.5) is 10.5 Å². The van der Waals surface area contributed by atoms with Crippen LogP contribution in [-0.2, 0) is 10.0 Å². The maximum absolute atomic E-state index is 13.6. The zero-order chi connectivity index (χ0) is 28.2. The number of likely N-dealkylation sites (N-methyl/N-ethyl adjacent to an activating group) is 1. The quantitative estimate of drug-likeness (QED) is 0.467. The van der Waals surface area contributed by atoms with Crippen molar-refractivity contribution >= 4 is 27.6 Å². The minimum absolute atomic E-state index is 0.0448. The Kier molecular flexibility index (Phi) is 9.40. The number of nitrogens with one attached hydrogen (secondary N) is 2. The minimum atomic E-state index is -3.77. The molecule has 3 amide bonds. The number of carbonyl (C=O) groups is 2. The average molecular weight is 547 g/mol. The second-order valence-corrected chi connectivity index (χ2v) is 12.2. The first kappa shape index (κ1) is 29.4. The minimum Gasteiger partial charge on any atom is -0.488 e. The predicted molar refractivity (Wildman–Crippen MR) is 146 cm³/mol. The highest BCUT2D eigenvalue weighted by Crippen LogP contribution is 2.31. The number of aryl methyl sites for hydroxylation is 1. The smallest absolute Gasteiger partial charge is 0.319 e. The molecule has 1 aliphatic heterocycles. The molecule has 2 aromatic carbocycles. The molecule has 0 fully saturated rings. The van der Waals surface area contributed by atoms with Gasteiger partial charge in [-0.05, 0) is 58.0 Å². The molecular formula is C27H38N4O6S. The standard InChI is InChI=1S/C27H38N4O6S/c1-17(2)28-27(34)29-21-9-12-24-23(13-21)26(33)31(20(5)16-32)14-19(4)25(37-24)15-30(6)38(35,36)22-10-7-18(3)8-11-22/h7-13,17,19-20,25,32H,14-16H2,1-6H3,(H2,28,29,34)/t19-,20-,25+/m1/s1. The van der Waals surface area contributed by atoms with Crippen LogP contribution in [0, 0.1) is 12.8 Å². The molecule has 38 heavy (non-hydrogen) atoms. The number of sulfonamides is 1. The van der Waals surface area contributed by atoms with Crippen LogP contribution in [-0.4, -0.2) is 79.6 Å². The Morgan fingerprint density at radius 1 is 1.18 bits per heavy atom. The topological polar surface area (TPSA) is 128 Å². The highest BCUT2D eigenvalue weighted by atomic mass is 32.2. The molecule has 10 nitrogen and oxygen atoms in total. The van der Waals surface area contributed by atoms with Crippen molar-refractivity contribution in [2.24, 2.45) is 5.92 Å². The summed E-state index contributed by atoms with van der Waals surface area (Å²) in [5.74, 6) is -0.329. The number of ether oxygens (including phenoxy) is 1. The molecule has 0 aromatic heterocycles. The van der Waals surface area contributed by atoms with Crippen LogP contribution < -0.4 is 15.4 Å². The largest absolute Gasteiger partial charge is 0.488 e. The highest BCUT2D eigenvalue weighted by molar-refractivity contribution is 7.89. The number of benzene rings is 2. The third kappa shape index (κ3) is 6.83. The molecule has 2 aromatic rings. The fourth-order valence-corrected chi connectivity index (χ4v) is 5.37. The number of aliphatic hydroxyl groups excluding tert-OH is 1. The molecule has 1 heterocycles. The van der Waals surface area contributed by atoms with Crippen LogP contribution in [0.15, 0.2) is 47.4 Å². The Morgan fingerprint density at radius 2 is 1.84 bits per heavy atom. The summed E-state index contributed by atoms with van der Waals surface area (Å²) >= 11 is 0. The first-order valence-corrected chi connectivity index (χ1v) is 14.1. The Morgan fingerprint density at radius 3 is 2.45 bits per heavy atom. The summed E-state index contributed by atoms with van der Waals surface area (Å²) in [5.41, 5.74) is 1.58. The van der Waals surface area contributed by atoms with Crippen molar-refractivity contribution < 1.29 is 27.9 Å². The first-order valence-electron chi connectivity index (χ1n) is 12.7. The maximum Gasteiger partial charge on any atom is 0.319 e. The van der Waals surface area contributed by atoms with Crippen molar-refractivity contribution in [2.75, 3.05) is 32.1 Å². The molecule has 3 N–H and O–H groups in total. The summed E-state index contributed by atoms with van der Waals surface area (Å²) in [6.45, 7) is 9.24. The van der Waals surface area contributed by atoms with Crippen LogP contribution in [0.1, 0.15) is 43.6 Å². The van der Waals surface area contributed by atoms with Gasteiger partial charge in [-0.1, -0.05) is 24.6 Å². The van der Waals surface area contributed by atoms with Crippen molar-refractivity contribution in [1.29, 1.82) is 0 Å². The molecule has 3 rings (SSSR count). The van der Waals surface area contributed by atoms with Gasteiger partial charge in [0.15, 0.2) is 0 Å². The van der Waals surface area contributed by atoms with E-state index in [0.29, 0.717) is 5.69 Å². The lowest BCUT2D eigenvalue weighted by Gasteiger charge is -2.38. The molecule has 0 bridgehead atoms. The third-order valence-electron chi connectivity index (χ3n) is 6.51. The lowest BCUT2D eigenvalue weighted by atomic mass is 9.99. The lowest BCUT2D eigenvalue weighted by Crippen LogP contribution is -2.50. The molecule has 1 aliphatic rings. The summed E-state index contributed by atoms with van der Waals surface area (Å²) in [7, 11) is -2.27. The SMILES string of the molecule is Cc1ccc(S(=O)(=O)N(C)C[C@@H]2Oc3ccc(NC(=O)NC(C)C)cc3C(=O)N([C@H](C)CO)C[C@H]2C)cc1. The Hall–Kier alpha value is -3.15. The number of fused-ring (bicyclic) bond motifs is 1. The van der Waals surface area contributed by atoms with Gasteiger partial charge in [-0.25, -0.2) is 13.2 Å². The fraction of sp³-hybridized carbons (Fsp3) is 0.481. The van der Waals surface area contributed by atoms with E-state index >= 15 is 0 Å². The Bertz CT molecular complexity index is 1250. The molecule has 0 unspecified atom stereocenters. The van der Waals surface area contributed by atoms with E-state index in [1.807, 2.05) is 27.7 Å². The molecule has 0 saturated carbocycles. The number of aliphatic hydroxyl groups is 1. The van der Waals surface area contributed by atoms with E-state index in [1.54, 1.807) is 48.2 Å². The molecule has 0 spiro atoms. The lowest BCUT2D eigenvalue weighted by molar-refractivity contribution is 0.0387. The van der Waals surface area contributed by atoms with Gasteiger partial charge in [0.25, 0.3) is 5.91 Å². The summed E-state index contributed by atoms with van der Waals surface area (Å²) in [4.78, 5) is 27.5. The summed E-state index contributed by atoms with van der Waals surface area (Å²) < 4.78 is 34.0. The number of hydrogen-bond acceptors (Lipinski definition) is 6. The first-order chi connectivity index (χ1) is 17.8. The zero-order valence-corrected chi connectivity index (χ0v) is 23.6. The van der Waals surface area contributed by atoms with E-state index in [4.69, 9.17) is 4.74 Å². The van der Waals surface area contributed by atoms with E-state index in [2.05, 4.69) is 10.6 Å². The van der Waals surface area contributed by atoms with Crippen LogP contribution in [0.5, 0.6) is 5.75 Å². The van der Waals surface area contributed by atoms with E-state index in [1.165, 1.54) is 17.4 Å². The van der Waals surface area contributed by atoms with Crippen LogP contribution in [0.25, 0.3) is 0 Å². The number of rotatable bonds is 8. The van der Waals surface area contributed by atoms with Crippen LogP contribution in [0.2, 0.25) is 0 Å². The molecule has 0 radical (unpaired) electrons. The van der Waals surface area contributed by atoms with Gasteiger partial charge in [0.05, 0.1) is 29.7 Å². The van der Waals surface area contributed by atoms with Gasteiger partial charge in [0, 0.05) is 31.2 Å². The summed E-state index contributed by atoms with van der Waals surface area (Å²) in [6, 6.07) is 10.5. The number of hydrogen-bond donors (Lipinski definition) is 3. The van der Waals surface area contributed by atoms with Gasteiger partial charge in [-0.3, -0.25) is 4.79 Å². The van der Waals surface area contributed by atoms with Gasteiger partial charge in [0.1, 0.15) is 11.9 Å². The van der Waals surface area contributed by atoms with Crippen LogP contribution in [0.3, 0.4) is 0 Å². The number of carbonyl (C=O) groups excluding carboxylic acids is 2. The molecule has 208 valence electrons. The van der Waals surface area contributed by atoms with Gasteiger partial charge in [0.2, 0.25) is 10.0 Å². The second-order valence-electron chi connectivity index (χ2n) is 10.2. The van der Waals surface area contributed by atoms with Gasteiger partial charge >= 0.3 is 6.03 Å². The van der Waals surface area contributed by atoms with E-state index < -0.39 is 28.2 Å². The Balaban J connectivity index is 1.94. The van der Waals surface area contributed by atoms with E-state index in [9.17, 15) is 23.1 Å². The number of nitrogens with zero attached hydrogens (tertiary/aromatic N) is 2. The average Bonchev–Trinajstić information content (AvgIpc) is 2.85. The van der Waals surface area contributed by atoms with Crippen molar-refractivity contribution in [2.45, 2.75) is 57.7 Å². The molecular weight excluding hydrogens is 508 g/mol. The maximum atomic E-state index is 13.6. The van der Waals surface area contributed by atoms with Crippen molar-refractivity contribution in [1.82, 2.24) is 14.5 Å². The van der Waals surface area contributed by atoms with E-state index in [-0.39, 0.29) is 53.8 Å². The van der Waals surface area contributed by atoms with Crippen molar-refractivity contribution in [3.8, 4) is 5.75 Å². The molecule has 3 atom stereocenters. The van der Waals surface area contributed by atoms with Crippen molar-refractivity contribution in [3.63, 3.8) is 0 Å². The number of urea groups is 1. The molecule has 11 heteroatoms. The van der Waals surface area contributed by atoms with Gasteiger partial charge in [-0.2, -0.15) is 4.31 Å². The number of anilines is 1. The Labute approximate surface area is 225 Å². The van der Waals surface area contributed by atoms with Gasteiger partial charge < -0.3 is 25.4 Å². The predicted octanol–water partition coefficient (Wildman–Crippen LogP) is 3.07. The molecule has 0 aliphatic carbocycles. The van der Waals surface area contributed by atoms with Crippen LogP contribution >= 0.6 is 0 Å². The summed E-state index contributed by atoms with van der Waals surface area (Å²) in [6.07, 6.45) is -0.594.